The Balaban J connectivity index is 0.00000242. The Hall–Kier alpha value is -1.47. The maximum absolute atomic E-state index is 12.0. The highest BCUT2D eigenvalue weighted by atomic mass is 35.5. The molecular weight excluding hydrogens is 321 g/mol. The predicted molar refractivity (Wildman–Crippen MR) is 78.6 cm³/mol. The lowest BCUT2D eigenvalue weighted by Gasteiger charge is -2.23. The minimum Gasteiger partial charge on any atom is -0.484 e. The smallest absolute Gasteiger partial charge is 0.422 e. The summed E-state index contributed by atoms with van der Waals surface area (Å²) in [4.78, 5) is 12.0. The van der Waals surface area contributed by atoms with Gasteiger partial charge in [-0.1, -0.05) is 0 Å². The summed E-state index contributed by atoms with van der Waals surface area (Å²) < 4.78 is 40.6. The molecule has 0 aliphatic carbocycles. The second kappa shape index (κ2) is 8.24. The van der Waals surface area contributed by atoms with Crippen LogP contribution in [0.5, 0.6) is 5.75 Å². The lowest BCUT2D eigenvalue weighted by atomic mass is 10.1. The van der Waals surface area contributed by atoms with E-state index in [1.54, 1.807) is 0 Å². The average molecular weight is 339 g/mol. The van der Waals surface area contributed by atoms with E-state index in [0.29, 0.717) is 5.56 Å². The monoisotopic (exact) mass is 338 g/mol. The number of hydrogen-bond donors (Lipinski definition) is 2. The number of ether oxygens (including phenoxy) is 1. The Morgan fingerprint density at radius 3 is 2.55 bits per heavy atom. The van der Waals surface area contributed by atoms with Crippen molar-refractivity contribution in [3.63, 3.8) is 0 Å². The number of amides is 1. The molecule has 4 nitrogen and oxygen atoms in total. The van der Waals surface area contributed by atoms with Crippen molar-refractivity contribution < 1.29 is 22.7 Å². The molecule has 124 valence electrons. The van der Waals surface area contributed by atoms with Crippen LogP contribution in [-0.4, -0.2) is 37.8 Å². The highest BCUT2D eigenvalue weighted by Gasteiger charge is 2.28. The van der Waals surface area contributed by atoms with Crippen LogP contribution in [0.4, 0.5) is 13.2 Å². The van der Waals surface area contributed by atoms with E-state index >= 15 is 0 Å². The maximum atomic E-state index is 12.0. The Kier molecular flexibility index (Phi) is 6.96. The lowest BCUT2D eigenvalue weighted by Crippen LogP contribution is -2.45. The first-order valence-electron chi connectivity index (χ1n) is 6.75. The third kappa shape index (κ3) is 6.11. The van der Waals surface area contributed by atoms with Crippen LogP contribution < -0.4 is 15.4 Å². The van der Waals surface area contributed by atoms with Crippen molar-refractivity contribution in [1.29, 1.82) is 0 Å². The zero-order valence-corrected chi connectivity index (χ0v) is 12.6. The van der Waals surface area contributed by atoms with Gasteiger partial charge in [0.1, 0.15) is 5.75 Å². The largest absolute Gasteiger partial charge is 0.484 e. The molecular formula is C14H18ClF3N2O2. The molecule has 1 aliphatic heterocycles. The van der Waals surface area contributed by atoms with Crippen LogP contribution in [0.25, 0.3) is 0 Å². The molecule has 0 unspecified atom stereocenters. The lowest BCUT2D eigenvalue weighted by molar-refractivity contribution is -0.153. The van der Waals surface area contributed by atoms with Gasteiger partial charge in [0.2, 0.25) is 0 Å². The third-order valence-corrected chi connectivity index (χ3v) is 3.15. The summed E-state index contributed by atoms with van der Waals surface area (Å²) >= 11 is 0. The molecule has 0 spiro atoms. The molecule has 2 N–H and O–H groups in total. The highest BCUT2D eigenvalue weighted by Crippen LogP contribution is 2.19. The Morgan fingerprint density at radius 1 is 1.32 bits per heavy atom. The number of rotatable bonds is 4. The van der Waals surface area contributed by atoms with E-state index in [4.69, 9.17) is 0 Å². The molecule has 1 fully saturated rings. The molecule has 0 aromatic heterocycles. The van der Waals surface area contributed by atoms with Crippen LogP contribution in [0.15, 0.2) is 24.3 Å². The van der Waals surface area contributed by atoms with E-state index in [1.165, 1.54) is 24.3 Å². The summed E-state index contributed by atoms with van der Waals surface area (Å²) in [5.74, 6) is -0.144. The number of benzene rings is 1. The molecule has 22 heavy (non-hydrogen) atoms. The first-order chi connectivity index (χ1) is 9.94. The van der Waals surface area contributed by atoms with Gasteiger partial charge in [-0.25, -0.2) is 0 Å². The number of halogens is 4. The molecule has 1 aliphatic rings. The first kappa shape index (κ1) is 18.6. The van der Waals surface area contributed by atoms with Crippen LogP contribution in [0.3, 0.4) is 0 Å². The van der Waals surface area contributed by atoms with Gasteiger partial charge in [-0.2, -0.15) is 13.2 Å². The molecule has 1 amide bonds. The first-order valence-corrected chi connectivity index (χ1v) is 6.75. The van der Waals surface area contributed by atoms with E-state index in [1.807, 2.05) is 0 Å². The quantitative estimate of drug-likeness (QED) is 0.887. The van der Waals surface area contributed by atoms with Crippen molar-refractivity contribution in [2.45, 2.75) is 25.1 Å². The summed E-state index contributed by atoms with van der Waals surface area (Å²) in [7, 11) is 0. The second-order valence-corrected chi connectivity index (χ2v) is 4.94. The van der Waals surface area contributed by atoms with Crippen molar-refractivity contribution in [3.05, 3.63) is 29.8 Å². The van der Waals surface area contributed by atoms with Crippen LogP contribution in [0.2, 0.25) is 0 Å². The maximum Gasteiger partial charge on any atom is 0.422 e. The molecule has 1 aromatic carbocycles. The van der Waals surface area contributed by atoms with E-state index in [2.05, 4.69) is 15.4 Å². The van der Waals surface area contributed by atoms with E-state index < -0.39 is 12.8 Å². The number of piperidine rings is 1. The zero-order chi connectivity index (χ0) is 15.3. The van der Waals surface area contributed by atoms with Crippen LogP contribution in [0.1, 0.15) is 23.2 Å². The Morgan fingerprint density at radius 2 is 2.00 bits per heavy atom. The molecule has 1 atom stereocenters. The number of carbonyl (C=O) groups excluding carboxylic acids is 1. The minimum absolute atomic E-state index is 0. The summed E-state index contributed by atoms with van der Waals surface area (Å²) in [6.07, 6.45) is -2.44. The van der Waals surface area contributed by atoms with Crippen LogP contribution >= 0.6 is 12.4 Å². The molecule has 1 heterocycles. The highest BCUT2D eigenvalue weighted by molar-refractivity contribution is 5.94. The predicted octanol–water partition coefficient (Wildman–Crippen LogP) is 2.53. The summed E-state index contributed by atoms with van der Waals surface area (Å²) in [5.41, 5.74) is 0.403. The van der Waals surface area contributed by atoms with E-state index in [0.717, 1.165) is 25.9 Å². The average Bonchev–Trinajstić information content (AvgIpc) is 2.46. The number of carbonyl (C=O) groups is 1. The third-order valence-electron chi connectivity index (χ3n) is 3.15. The molecule has 2 rings (SSSR count). The van der Waals surface area contributed by atoms with Gasteiger partial charge in [0.15, 0.2) is 6.61 Å². The van der Waals surface area contributed by atoms with Gasteiger partial charge >= 0.3 is 6.18 Å². The van der Waals surface area contributed by atoms with Gasteiger partial charge in [-0.15, -0.1) is 12.4 Å². The number of nitrogens with one attached hydrogen (secondary N) is 2. The van der Waals surface area contributed by atoms with Gasteiger partial charge in [0.25, 0.3) is 5.91 Å². The standard InChI is InChI=1S/C14H17F3N2O2.ClH/c15-14(16,17)9-21-12-5-3-10(4-6-12)13(20)19-11-2-1-7-18-8-11;/h3-6,11,18H,1-2,7-9H2,(H,19,20);1H/t11-;/m0./s1. The fourth-order valence-electron chi connectivity index (χ4n) is 2.11. The van der Waals surface area contributed by atoms with Crippen LogP contribution in [0, 0.1) is 0 Å². The van der Waals surface area contributed by atoms with Crippen LogP contribution in [-0.2, 0) is 0 Å². The Bertz CT molecular complexity index is 474. The second-order valence-electron chi connectivity index (χ2n) is 4.94. The molecule has 1 aromatic rings. The molecule has 0 saturated carbocycles. The van der Waals surface area contributed by atoms with Crippen molar-refractivity contribution in [2.24, 2.45) is 0 Å². The fourth-order valence-corrected chi connectivity index (χ4v) is 2.11. The fraction of sp³-hybridized carbons (Fsp3) is 0.500. The summed E-state index contributed by atoms with van der Waals surface area (Å²) in [6.45, 7) is 0.350. The number of hydrogen-bond acceptors (Lipinski definition) is 3. The van der Waals surface area contributed by atoms with Crippen molar-refractivity contribution in [2.75, 3.05) is 19.7 Å². The molecule has 0 bridgehead atoms. The molecule has 8 heteroatoms. The summed E-state index contributed by atoms with van der Waals surface area (Å²) in [5, 5.41) is 6.08. The zero-order valence-electron chi connectivity index (χ0n) is 11.8. The number of alkyl halides is 3. The van der Waals surface area contributed by atoms with Gasteiger partial charge in [-0.3, -0.25) is 4.79 Å². The van der Waals surface area contributed by atoms with Crippen molar-refractivity contribution >= 4 is 18.3 Å². The molecule has 0 radical (unpaired) electrons. The van der Waals surface area contributed by atoms with Crippen molar-refractivity contribution in [1.82, 2.24) is 10.6 Å². The van der Waals surface area contributed by atoms with Gasteiger partial charge in [0.05, 0.1) is 0 Å². The normalized spacial score (nSPS) is 18.2. The molecule has 1 saturated heterocycles. The van der Waals surface area contributed by atoms with Gasteiger partial charge in [-0.05, 0) is 43.7 Å². The summed E-state index contributed by atoms with van der Waals surface area (Å²) in [6, 6.07) is 5.72. The van der Waals surface area contributed by atoms with Gasteiger partial charge in [0, 0.05) is 18.2 Å². The van der Waals surface area contributed by atoms with Crippen molar-refractivity contribution in [3.8, 4) is 5.75 Å². The van der Waals surface area contributed by atoms with Gasteiger partial charge < -0.3 is 15.4 Å². The minimum atomic E-state index is -4.37. The Labute approximate surface area is 132 Å². The SMILES string of the molecule is Cl.O=C(N[C@H]1CCCNC1)c1ccc(OCC(F)(F)F)cc1. The van der Waals surface area contributed by atoms with E-state index in [-0.39, 0.29) is 30.1 Å². The van der Waals surface area contributed by atoms with E-state index in [9.17, 15) is 18.0 Å². The topological polar surface area (TPSA) is 50.4 Å².